The number of piperidine rings is 1. The Kier molecular flexibility index (Phi) is 4.94. The van der Waals surface area contributed by atoms with Gasteiger partial charge in [0.1, 0.15) is 12.4 Å². The number of urea groups is 1. The van der Waals surface area contributed by atoms with Gasteiger partial charge in [-0.25, -0.2) is 9.18 Å². The molecule has 8 heteroatoms. The molecule has 3 amide bonds. The third-order valence-corrected chi connectivity index (χ3v) is 5.49. The largest absolute Gasteiger partial charge is 0.366 e. The molecule has 142 valence electrons. The van der Waals surface area contributed by atoms with Crippen molar-refractivity contribution in [1.82, 2.24) is 15.1 Å². The Balaban J connectivity index is 1.31. The van der Waals surface area contributed by atoms with Gasteiger partial charge < -0.3 is 19.9 Å². The van der Waals surface area contributed by atoms with Crippen molar-refractivity contribution in [3.05, 3.63) is 34.6 Å². The van der Waals surface area contributed by atoms with Gasteiger partial charge in [0.05, 0.1) is 23.1 Å². The standard InChI is InChI=1S/C19H19ClFN3O3/c20-18-13(2-1-3-14(18)21)5-4-12-8-24(9-12)19(26)23-7-6-16-15(10-23)22-17(25)11-27-16/h1-3,12,15-16H,6-11H2,(H,22,25)/t15-,16+/m1/s1. The summed E-state index contributed by atoms with van der Waals surface area (Å²) in [4.78, 5) is 27.6. The highest BCUT2D eigenvalue weighted by molar-refractivity contribution is 6.31. The summed E-state index contributed by atoms with van der Waals surface area (Å²) in [7, 11) is 0. The van der Waals surface area contributed by atoms with E-state index in [1.54, 1.807) is 21.9 Å². The lowest BCUT2D eigenvalue weighted by atomic mass is 9.99. The first kappa shape index (κ1) is 18.1. The summed E-state index contributed by atoms with van der Waals surface area (Å²) >= 11 is 5.90. The maximum Gasteiger partial charge on any atom is 0.320 e. The van der Waals surface area contributed by atoms with E-state index in [0.717, 1.165) is 0 Å². The van der Waals surface area contributed by atoms with Crippen LogP contribution in [-0.2, 0) is 9.53 Å². The molecule has 4 rings (SSSR count). The number of halogens is 2. The van der Waals surface area contributed by atoms with E-state index in [0.29, 0.717) is 38.2 Å². The third kappa shape index (κ3) is 3.73. The van der Waals surface area contributed by atoms with Gasteiger partial charge in [0.2, 0.25) is 5.91 Å². The van der Waals surface area contributed by atoms with Crippen molar-refractivity contribution >= 4 is 23.5 Å². The summed E-state index contributed by atoms with van der Waals surface area (Å²) in [5.74, 6) is 5.37. The van der Waals surface area contributed by atoms with Crippen LogP contribution in [0.5, 0.6) is 0 Å². The number of likely N-dealkylation sites (tertiary alicyclic amines) is 2. The Morgan fingerprint density at radius 3 is 2.93 bits per heavy atom. The van der Waals surface area contributed by atoms with Crippen molar-refractivity contribution in [1.29, 1.82) is 0 Å². The fourth-order valence-electron chi connectivity index (χ4n) is 3.58. The van der Waals surface area contributed by atoms with Crippen molar-refractivity contribution in [2.45, 2.75) is 18.6 Å². The Morgan fingerprint density at radius 1 is 1.30 bits per heavy atom. The van der Waals surface area contributed by atoms with Crippen molar-refractivity contribution in [3.63, 3.8) is 0 Å². The lowest BCUT2D eigenvalue weighted by Gasteiger charge is -2.45. The van der Waals surface area contributed by atoms with Crippen LogP contribution in [0.25, 0.3) is 0 Å². The number of ether oxygens (including phenoxy) is 1. The summed E-state index contributed by atoms with van der Waals surface area (Å²) in [6, 6.07) is 4.34. The summed E-state index contributed by atoms with van der Waals surface area (Å²) in [6.45, 7) is 2.23. The van der Waals surface area contributed by atoms with Crippen LogP contribution in [0.1, 0.15) is 12.0 Å². The molecule has 1 N–H and O–H groups in total. The van der Waals surface area contributed by atoms with Gasteiger partial charge >= 0.3 is 6.03 Å². The van der Waals surface area contributed by atoms with Crippen molar-refractivity contribution in [2.24, 2.45) is 5.92 Å². The molecule has 0 saturated carbocycles. The van der Waals surface area contributed by atoms with E-state index in [1.807, 2.05) is 0 Å². The number of morpholine rings is 1. The fourth-order valence-corrected chi connectivity index (χ4v) is 3.75. The predicted molar refractivity (Wildman–Crippen MR) is 96.6 cm³/mol. The molecule has 0 aromatic heterocycles. The lowest BCUT2D eigenvalue weighted by molar-refractivity contribution is -0.139. The van der Waals surface area contributed by atoms with Gasteiger partial charge in [-0.1, -0.05) is 29.5 Å². The highest BCUT2D eigenvalue weighted by Gasteiger charge is 2.39. The van der Waals surface area contributed by atoms with Crippen molar-refractivity contribution < 1.29 is 18.7 Å². The Hall–Kier alpha value is -2.30. The first-order chi connectivity index (χ1) is 13.0. The summed E-state index contributed by atoms with van der Waals surface area (Å²) in [6.07, 6.45) is 0.698. The zero-order valence-corrected chi connectivity index (χ0v) is 15.3. The van der Waals surface area contributed by atoms with Crippen LogP contribution in [0.3, 0.4) is 0 Å². The van der Waals surface area contributed by atoms with Crippen LogP contribution in [0.2, 0.25) is 5.02 Å². The molecular weight excluding hydrogens is 373 g/mol. The molecule has 1 aromatic carbocycles. The average molecular weight is 392 g/mol. The number of hydrogen-bond acceptors (Lipinski definition) is 3. The van der Waals surface area contributed by atoms with Crippen molar-refractivity contribution in [2.75, 3.05) is 32.8 Å². The fraction of sp³-hybridized carbons (Fsp3) is 0.474. The van der Waals surface area contributed by atoms with Gasteiger partial charge in [0.15, 0.2) is 0 Å². The minimum absolute atomic E-state index is 0.0160. The first-order valence-corrected chi connectivity index (χ1v) is 9.29. The number of amides is 3. The predicted octanol–water partition coefficient (Wildman–Crippen LogP) is 1.47. The topological polar surface area (TPSA) is 61.9 Å². The van der Waals surface area contributed by atoms with Crippen LogP contribution in [0.4, 0.5) is 9.18 Å². The molecule has 0 bridgehead atoms. The molecule has 3 fully saturated rings. The van der Waals surface area contributed by atoms with E-state index < -0.39 is 5.82 Å². The van der Waals surface area contributed by atoms with E-state index >= 15 is 0 Å². The summed E-state index contributed by atoms with van der Waals surface area (Å²) in [5, 5.41) is 2.92. The number of carbonyl (C=O) groups excluding carboxylic acids is 2. The maximum atomic E-state index is 13.4. The number of hydrogen-bond donors (Lipinski definition) is 1. The summed E-state index contributed by atoms with van der Waals surface area (Å²) in [5.41, 5.74) is 0.455. The normalized spacial score (nSPS) is 25.0. The number of nitrogens with zero attached hydrogens (tertiary/aromatic N) is 2. The number of carbonyl (C=O) groups is 2. The van der Waals surface area contributed by atoms with Crippen LogP contribution in [0, 0.1) is 23.6 Å². The minimum atomic E-state index is -0.490. The molecule has 1 aromatic rings. The third-order valence-electron chi connectivity index (χ3n) is 5.11. The number of fused-ring (bicyclic) bond motifs is 1. The molecule has 0 radical (unpaired) electrons. The zero-order valence-electron chi connectivity index (χ0n) is 14.6. The van der Waals surface area contributed by atoms with Crippen LogP contribution < -0.4 is 5.32 Å². The number of benzene rings is 1. The maximum absolute atomic E-state index is 13.4. The molecule has 3 saturated heterocycles. The SMILES string of the molecule is O=C1CO[C@H]2CCN(C(=O)N3CC(C#Cc4cccc(F)c4Cl)C3)C[C@H]2N1. The molecule has 2 atom stereocenters. The van der Waals surface area contributed by atoms with Crippen LogP contribution in [0.15, 0.2) is 18.2 Å². The molecule has 0 aliphatic carbocycles. The summed E-state index contributed by atoms with van der Waals surface area (Å²) < 4.78 is 18.9. The average Bonchev–Trinajstić information content (AvgIpc) is 2.62. The molecule has 0 unspecified atom stereocenters. The minimum Gasteiger partial charge on any atom is -0.366 e. The monoisotopic (exact) mass is 391 g/mol. The zero-order chi connectivity index (χ0) is 19.0. The molecule has 6 nitrogen and oxygen atoms in total. The van der Waals surface area contributed by atoms with Crippen LogP contribution >= 0.6 is 11.6 Å². The Morgan fingerprint density at radius 2 is 2.11 bits per heavy atom. The molecular formula is C19H19ClFN3O3. The van der Waals surface area contributed by atoms with Gasteiger partial charge in [-0.2, -0.15) is 0 Å². The highest BCUT2D eigenvalue weighted by atomic mass is 35.5. The Bertz CT molecular complexity index is 831. The highest BCUT2D eigenvalue weighted by Crippen LogP contribution is 2.23. The van der Waals surface area contributed by atoms with Gasteiger partial charge in [-0.05, 0) is 18.6 Å². The second-order valence-electron chi connectivity index (χ2n) is 7.01. The van der Waals surface area contributed by atoms with Gasteiger partial charge in [0, 0.05) is 31.7 Å². The Labute approximate surface area is 161 Å². The molecule has 3 heterocycles. The van der Waals surface area contributed by atoms with Gasteiger partial charge in [-0.3, -0.25) is 4.79 Å². The second-order valence-corrected chi connectivity index (χ2v) is 7.39. The second kappa shape index (κ2) is 7.37. The van der Waals surface area contributed by atoms with Crippen LogP contribution in [-0.4, -0.2) is 66.7 Å². The van der Waals surface area contributed by atoms with Gasteiger partial charge in [-0.15, -0.1) is 0 Å². The first-order valence-electron chi connectivity index (χ1n) is 8.91. The van der Waals surface area contributed by atoms with E-state index in [1.165, 1.54) is 6.07 Å². The smallest absolute Gasteiger partial charge is 0.320 e. The van der Waals surface area contributed by atoms with E-state index in [-0.39, 0.29) is 41.6 Å². The van der Waals surface area contributed by atoms with E-state index in [2.05, 4.69) is 17.2 Å². The van der Waals surface area contributed by atoms with Crippen molar-refractivity contribution in [3.8, 4) is 11.8 Å². The lowest BCUT2D eigenvalue weighted by Crippen LogP contribution is -2.64. The molecule has 0 spiro atoms. The molecule has 27 heavy (non-hydrogen) atoms. The van der Waals surface area contributed by atoms with E-state index in [9.17, 15) is 14.0 Å². The number of rotatable bonds is 0. The molecule has 3 aliphatic heterocycles. The number of nitrogens with one attached hydrogen (secondary N) is 1. The molecule has 3 aliphatic rings. The van der Waals surface area contributed by atoms with Gasteiger partial charge in [0.25, 0.3) is 0 Å². The quantitative estimate of drug-likeness (QED) is 0.681. The van der Waals surface area contributed by atoms with E-state index in [4.69, 9.17) is 16.3 Å².